The SMILES string of the molecule is CCOC(=O)C[n+]1ccc(-c2nc3ccccn3n2)cc1. The first kappa shape index (κ1) is 13.2. The highest BCUT2D eigenvalue weighted by Crippen LogP contribution is 2.14. The van der Waals surface area contributed by atoms with E-state index in [0.29, 0.717) is 12.4 Å². The summed E-state index contributed by atoms with van der Waals surface area (Å²) in [6, 6.07) is 9.50. The second kappa shape index (κ2) is 5.70. The molecular weight excluding hydrogens is 268 g/mol. The molecule has 21 heavy (non-hydrogen) atoms. The summed E-state index contributed by atoms with van der Waals surface area (Å²) < 4.78 is 8.41. The smallest absolute Gasteiger partial charge is 0.372 e. The summed E-state index contributed by atoms with van der Waals surface area (Å²) in [4.78, 5) is 15.9. The lowest BCUT2D eigenvalue weighted by Crippen LogP contribution is -2.37. The number of carbonyl (C=O) groups excluding carboxylic acids is 1. The third-order valence-corrected chi connectivity index (χ3v) is 3.01. The fourth-order valence-corrected chi connectivity index (χ4v) is 2.02. The molecule has 0 fully saturated rings. The van der Waals surface area contributed by atoms with Crippen LogP contribution < -0.4 is 4.57 Å². The number of fused-ring (bicyclic) bond motifs is 1. The van der Waals surface area contributed by atoms with Crippen molar-refractivity contribution >= 4 is 11.6 Å². The number of ether oxygens (including phenoxy) is 1. The molecule has 0 radical (unpaired) electrons. The van der Waals surface area contributed by atoms with Crippen molar-refractivity contribution in [1.29, 1.82) is 0 Å². The lowest BCUT2D eigenvalue weighted by molar-refractivity contribution is -0.685. The van der Waals surface area contributed by atoms with Crippen molar-refractivity contribution in [2.45, 2.75) is 13.5 Å². The maximum atomic E-state index is 11.4. The second-order valence-electron chi connectivity index (χ2n) is 4.50. The molecule has 0 amide bonds. The van der Waals surface area contributed by atoms with Gasteiger partial charge in [0.2, 0.25) is 6.54 Å². The number of nitrogens with zero attached hydrogens (tertiary/aromatic N) is 4. The molecule has 106 valence electrons. The number of esters is 1. The van der Waals surface area contributed by atoms with E-state index in [9.17, 15) is 4.79 Å². The van der Waals surface area contributed by atoms with Crippen LogP contribution in [0.25, 0.3) is 17.0 Å². The molecule has 0 spiro atoms. The van der Waals surface area contributed by atoms with Crippen molar-refractivity contribution in [3.05, 3.63) is 48.9 Å². The first-order chi connectivity index (χ1) is 10.3. The molecule has 0 saturated carbocycles. The highest BCUT2D eigenvalue weighted by atomic mass is 16.5. The van der Waals surface area contributed by atoms with Crippen LogP contribution in [-0.4, -0.2) is 27.2 Å². The van der Waals surface area contributed by atoms with E-state index in [4.69, 9.17) is 4.74 Å². The molecule has 3 aromatic rings. The molecule has 0 saturated heterocycles. The highest BCUT2D eigenvalue weighted by Gasteiger charge is 2.12. The van der Waals surface area contributed by atoms with Gasteiger partial charge < -0.3 is 4.74 Å². The molecule has 0 bridgehead atoms. The highest BCUT2D eigenvalue weighted by molar-refractivity contribution is 5.67. The summed E-state index contributed by atoms with van der Waals surface area (Å²) in [6.45, 7) is 2.39. The van der Waals surface area contributed by atoms with Crippen LogP contribution in [-0.2, 0) is 16.1 Å². The summed E-state index contributed by atoms with van der Waals surface area (Å²) >= 11 is 0. The number of hydrogen-bond donors (Lipinski definition) is 0. The summed E-state index contributed by atoms with van der Waals surface area (Å²) in [5, 5.41) is 4.41. The topological polar surface area (TPSA) is 60.4 Å². The number of carbonyl (C=O) groups is 1. The average molecular weight is 283 g/mol. The Morgan fingerprint density at radius 3 is 2.81 bits per heavy atom. The molecule has 6 heteroatoms. The van der Waals surface area contributed by atoms with E-state index < -0.39 is 0 Å². The van der Waals surface area contributed by atoms with Gasteiger partial charge in [-0.1, -0.05) is 6.07 Å². The van der Waals surface area contributed by atoms with Crippen LogP contribution in [0.4, 0.5) is 0 Å². The van der Waals surface area contributed by atoms with Gasteiger partial charge >= 0.3 is 5.97 Å². The third kappa shape index (κ3) is 2.89. The zero-order valence-electron chi connectivity index (χ0n) is 11.6. The number of rotatable bonds is 4. The molecule has 0 aromatic carbocycles. The van der Waals surface area contributed by atoms with Crippen molar-refractivity contribution in [3.8, 4) is 11.4 Å². The molecule has 0 aliphatic rings. The van der Waals surface area contributed by atoms with Gasteiger partial charge in [-0.3, -0.25) is 0 Å². The Bertz CT molecular complexity index is 732. The van der Waals surface area contributed by atoms with E-state index in [-0.39, 0.29) is 12.5 Å². The maximum Gasteiger partial charge on any atom is 0.372 e. The summed E-state index contributed by atoms with van der Waals surface area (Å²) in [6.07, 6.45) is 5.49. The molecule has 3 rings (SSSR count). The quantitative estimate of drug-likeness (QED) is 0.534. The van der Waals surface area contributed by atoms with Crippen molar-refractivity contribution in [3.63, 3.8) is 0 Å². The Morgan fingerprint density at radius 1 is 1.29 bits per heavy atom. The molecule has 0 N–H and O–H groups in total. The van der Waals surface area contributed by atoms with Crippen LogP contribution in [0.15, 0.2) is 48.9 Å². The van der Waals surface area contributed by atoms with E-state index in [2.05, 4.69) is 10.1 Å². The molecule has 0 atom stereocenters. The predicted octanol–water partition coefficient (Wildman–Crippen LogP) is 1.25. The van der Waals surface area contributed by atoms with Crippen LogP contribution in [0.2, 0.25) is 0 Å². The first-order valence-electron chi connectivity index (χ1n) is 6.73. The number of hydrogen-bond acceptors (Lipinski definition) is 4. The van der Waals surface area contributed by atoms with Gasteiger partial charge in [-0.05, 0) is 19.1 Å². The van der Waals surface area contributed by atoms with Crippen LogP contribution >= 0.6 is 0 Å². The Morgan fingerprint density at radius 2 is 2.10 bits per heavy atom. The second-order valence-corrected chi connectivity index (χ2v) is 4.50. The Balaban J connectivity index is 1.81. The minimum atomic E-state index is -0.249. The van der Waals surface area contributed by atoms with Crippen LogP contribution in [0.1, 0.15) is 6.92 Å². The molecule has 0 unspecified atom stereocenters. The molecule has 6 nitrogen and oxygen atoms in total. The van der Waals surface area contributed by atoms with Crippen LogP contribution in [0, 0.1) is 0 Å². The normalized spacial score (nSPS) is 10.7. The van der Waals surface area contributed by atoms with Crippen molar-refractivity contribution in [2.75, 3.05) is 6.61 Å². The van der Waals surface area contributed by atoms with Gasteiger partial charge in [-0.2, -0.15) is 4.57 Å². The van der Waals surface area contributed by atoms with Crippen LogP contribution in [0.3, 0.4) is 0 Å². The fourth-order valence-electron chi connectivity index (χ4n) is 2.02. The zero-order valence-corrected chi connectivity index (χ0v) is 11.6. The van der Waals surface area contributed by atoms with Crippen molar-refractivity contribution < 1.29 is 14.1 Å². The van der Waals surface area contributed by atoms with Crippen molar-refractivity contribution in [1.82, 2.24) is 14.6 Å². The summed E-state index contributed by atoms with van der Waals surface area (Å²) in [7, 11) is 0. The minimum Gasteiger partial charge on any atom is -0.461 e. The Kier molecular flexibility index (Phi) is 3.59. The predicted molar refractivity (Wildman–Crippen MR) is 75.3 cm³/mol. The largest absolute Gasteiger partial charge is 0.461 e. The lowest BCUT2D eigenvalue weighted by Gasteiger charge is -1.98. The van der Waals surface area contributed by atoms with Crippen molar-refractivity contribution in [2.24, 2.45) is 0 Å². The van der Waals surface area contributed by atoms with Gasteiger partial charge in [0.25, 0.3) is 0 Å². The zero-order chi connectivity index (χ0) is 14.7. The maximum absolute atomic E-state index is 11.4. The molecule has 3 aromatic heterocycles. The minimum absolute atomic E-state index is 0.201. The Labute approximate surface area is 121 Å². The van der Waals surface area contributed by atoms with Gasteiger partial charge in [-0.25, -0.2) is 14.3 Å². The van der Waals surface area contributed by atoms with Gasteiger partial charge in [-0.15, -0.1) is 5.10 Å². The van der Waals surface area contributed by atoms with E-state index in [0.717, 1.165) is 11.2 Å². The molecule has 0 aliphatic heterocycles. The fraction of sp³-hybridized carbons (Fsp3) is 0.200. The monoisotopic (exact) mass is 283 g/mol. The van der Waals surface area contributed by atoms with Gasteiger partial charge in [0.15, 0.2) is 23.9 Å². The lowest BCUT2D eigenvalue weighted by atomic mass is 10.2. The van der Waals surface area contributed by atoms with Crippen LogP contribution in [0.5, 0.6) is 0 Å². The first-order valence-corrected chi connectivity index (χ1v) is 6.73. The van der Waals surface area contributed by atoms with E-state index in [1.54, 1.807) is 16.0 Å². The number of pyridine rings is 2. The number of aromatic nitrogens is 4. The van der Waals surface area contributed by atoms with E-state index in [1.165, 1.54) is 0 Å². The molecular formula is C15H15N4O2+. The Hall–Kier alpha value is -2.76. The van der Waals surface area contributed by atoms with E-state index in [1.807, 2.05) is 48.9 Å². The van der Waals surface area contributed by atoms with Gasteiger partial charge in [0.05, 0.1) is 6.61 Å². The standard InChI is InChI=1S/C15H15N4O2/c1-2-21-14(20)11-18-9-6-12(7-10-18)15-16-13-5-3-4-8-19(13)17-15/h3-10H,2,11H2,1H3/q+1. The molecule has 3 heterocycles. The summed E-state index contributed by atoms with van der Waals surface area (Å²) in [5.41, 5.74) is 1.70. The summed E-state index contributed by atoms with van der Waals surface area (Å²) in [5.74, 6) is 0.408. The van der Waals surface area contributed by atoms with Gasteiger partial charge in [0.1, 0.15) is 0 Å². The van der Waals surface area contributed by atoms with Gasteiger partial charge in [0, 0.05) is 23.9 Å². The van der Waals surface area contributed by atoms with E-state index >= 15 is 0 Å². The average Bonchev–Trinajstić information content (AvgIpc) is 2.92. The molecule has 0 aliphatic carbocycles. The third-order valence-electron chi connectivity index (χ3n) is 3.01.